The zero-order chi connectivity index (χ0) is 21.1. The Hall–Kier alpha value is -3.49. The predicted molar refractivity (Wildman–Crippen MR) is 123 cm³/mol. The van der Waals surface area contributed by atoms with Crippen LogP contribution in [-0.2, 0) is 0 Å². The molecule has 0 fully saturated rings. The molecule has 30 heavy (non-hydrogen) atoms. The molecule has 0 aliphatic rings. The molecule has 0 aliphatic carbocycles. The molecular formula is C22H17N3O3S2. The maximum absolute atomic E-state index is 12.4. The maximum Gasteiger partial charge on any atom is 0.257 e. The highest BCUT2D eigenvalue weighted by atomic mass is 32.1. The zero-order valence-corrected chi connectivity index (χ0v) is 17.5. The van der Waals surface area contributed by atoms with Crippen LogP contribution in [0.25, 0.3) is 20.8 Å². The normalized spacial score (nSPS) is 10.6. The number of carbonyl (C=O) groups excluding carboxylic acids is 1. The second kappa shape index (κ2) is 8.48. The minimum atomic E-state index is -0.350. The van der Waals surface area contributed by atoms with Crippen molar-refractivity contribution in [3.8, 4) is 22.1 Å². The van der Waals surface area contributed by atoms with Gasteiger partial charge in [0.1, 0.15) is 16.5 Å². The number of thiocarbonyl (C=S) groups is 1. The molecule has 0 atom stereocenters. The Morgan fingerprint density at radius 1 is 1.10 bits per heavy atom. The molecule has 3 aromatic carbocycles. The van der Waals surface area contributed by atoms with Gasteiger partial charge in [-0.15, -0.1) is 11.3 Å². The molecule has 0 radical (unpaired) electrons. The number of para-hydroxylation sites is 1. The minimum absolute atomic E-state index is 0.117. The van der Waals surface area contributed by atoms with Gasteiger partial charge in [-0.1, -0.05) is 18.2 Å². The van der Waals surface area contributed by atoms with Gasteiger partial charge in [0.05, 0.1) is 22.9 Å². The molecule has 4 rings (SSSR count). The molecule has 1 aromatic heterocycles. The fourth-order valence-corrected chi connectivity index (χ4v) is 4.08. The molecular weight excluding hydrogens is 418 g/mol. The molecule has 0 bridgehead atoms. The largest absolute Gasteiger partial charge is 0.507 e. The molecule has 0 saturated carbocycles. The summed E-state index contributed by atoms with van der Waals surface area (Å²) in [6.45, 7) is 0. The van der Waals surface area contributed by atoms with Crippen LogP contribution in [0.15, 0.2) is 66.7 Å². The number of rotatable bonds is 4. The molecule has 8 heteroatoms. The molecule has 1 heterocycles. The van der Waals surface area contributed by atoms with Gasteiger partial charge in [-0.05, 0) is 60.7 Å². The highest BCUT2D eigenvalue weighted by Gasteiger charge is 2.13. The van der Waals surface area contributed by atoms with Gasteiger partial charge in [-0.2, -0.15) is 0 Å². The highest BCUT2D eigenvalue weighted by molar-refractivity contribution is 7.80. The van der Waals surface area contributed by atoms with Crippen LogP contribution in [0.1, 0.15) is 10.4 Å². The van der Waals surface area contributed by atoms with E-state index in [0.29, 0.717) is 27.6 Å². The van der Waals surface area contributed by atoms with Crippen molar-refractivity contribution < 1.29 is 14.6 Å². The molecule has 1 amide bonds. The number of benzene rings is 3. The first-order valence-electron chi connectivity index (χ1n) is 8.99. The summed E-state index contributed by atoms with van der Waals surface area (Å²) in [5.74, 6) is 0.350. The van der Waals surface area contributed by atoms with Crippen molar-refractivity contribution in [3.05, 3.63) is 72.3 Å². The van der Waals surface area contributed by atoms with Crippen molar-refractivity contribution in [1.82, 2.24) is 10.3 Å². The molecule has 0 aliphatic heterocycles. The molecule has 0 unspecified atom stereocenters. The maximum atomic E-state index is 12.4. The number of hydrogen-bond acceptors (Lipinski definition) is 6. The Kier molecular flexibility index (Phi) is 5.60. The average molecular weight is 436 g/mol. The lowest BCUT2D eigenvalue weighted by atomic mass is 10.2. The van der Waals surface area contributed by atoms with Gasteiger partial charge in [0, 0.05) is 11.3 Å². The Balaban J connectivity index is 1.51. The number of carbonyl (C=O) groups is 1. The van der Waals surface area contributed by atoms with Gasteiger partial charge < -0.3 is 15.2 Å². The number of anilines is 1. The number of thiazole rings is 1. The third kappa shape index (κ3) is 4.24. The van der Waals surface area contributed by atoms with Crippen LogP contribution >= 0.6 is 23.6 Å². The van der Waals surface area contributed by atoms with E-state index >= 15 is 0 Å². The van der Waals surface area contributed by atoms with Crippen molar-refractivity contribution in [2.45, 2.75) is 0 Å². The van der Waals surface area contributed by atoms with Gasteiger partial charge >= 0.3 is 0 Å². The van der Waals surface area contributed by atoms with E-state index in [-0.39, 0.29) is 16.8 Å². The Bertz CT molecular complexity index is 1220. The second-order valence-electron chi connectivity index (χ2n) is 6.36. The molecule has 150 valence electrons. The van der Waals surface area contributed by atoms with Crippen LogP contribution in [0.2, 0.25) is 0 Å². The van der Waals surface area contributed by atoms with E-state index in [0.717, 1.165) is 10.2 Å². The SMILES string of the molecule is COc1cccc(C(=O)NC(=S)Nc2ccc(O)c(-c3nc4ccccc4s3)c2)c1. The van der Waals surface area contributed by atoms with Crippen molar-refractivity contribution >= 4 is 50.5 Å². The van der Waals surface area contributed by atoms with Crippen molar-refractivity contribution in [3.63, 3.8) is 0 Å². The number of hydrogen-bond donors (Lipinski definition) is 3. The summed E-state index contributed by atoms with van der Waals surface area (Å²) in [5.41, 5.74) is 2.51. The van der Waals surface area contributed by atoms with E-state index in [1.807, 2.05) is 24.3 Å². The number of amides is 1. The first-order chi connectivity index (χ1) is 14.5. The lowest BCUT2D eigenvalue weighted by Gasteiger charge is -2.11. The van der Waals surface area contributed by atoms with E-state index in [2.05, 4.69) is 15.6 Å². The first kappa shape index (κ1) is 19.8. The third-order valence-corrected chi connectivity index (χ3v) is 5.61. The van der Waals surface area contributed by atoms with Gasteiger partial charge in [0.25, 0.3) is 5.91 Å². The Morgan fingerprint density at radius 2 is 1.93 bits per heavy atom. The topological polar surface area (TPSA) is 83.5 Å². The Morgan fingerprint density at radius 3 is 2.73 bits per heavy atom. The van der Waals surface area contributed by atoms with E-state index in [1.54, 1.807) is 42.5 Å². The van der Waals surface area contributed by atoms with E-state index in [9.17, 15) is 9.90 Å². The lowest BCUT2D eigenvalue weighted by molar-refractivity contribution is 0.0977. The van der Waals surface area contributed by atoms with E-state index < -0.39 is 0 Å². The number of methoxy groups -OCH3 is 1. The Labute approximate surface area is 182 Å². The summed E-state index contributed by atoms with van der Waals surface area (Å²) in [6.07, 6.45) is 0. The number of ether oxygens (including phenoxy) is 1. The average Bonchev–Trinajstić information content (AvgIpc) is 3.19. The summed E-state index contributed by atoms with van der Waals surface area (Å²) in [6, 6.07) is 19.6. The number of phenols is 1. The van der Waals surface area contributed by atoms with Gasteiger partial charge in [0.2, 0.25) is 0 Å². The summed E-state index contributed by atoms with van der Waals surface area (Å²) < 4.78 is 6.17. The molecule has 3 N–H and O–H groups in total. The standard InChI is InChI=1S/C22H17N3O3S2/c1-28-15-6-4-5-13(11-15)20(27)25-22(29)23-14-9-10-18(26)16(12-14)21-24-17-7-2-3-8-19(17)30-21/h2-12,26H,1H3,(H2,23,25,27,29). The lowest BCUT2D eigenvalue weighted by Crippen LogP contribution is -2.34. The number of aromatic nitrogens is 1. The number of aromatic hydroxyl groups is 1. The van der Waals surface area contributed by atoms with Crippen LogP contribution in [0.3, 0.4) is 0 Å². The predicted octanol–water partition coefficient (Wildman–Crippen LogP) is 4.80. The van der Waals surface area contributed by atoms with Crippen LogP contribution in [0, 0.1) is 0 Å². The summed E-state index contributed by atoms with van der Waals surface area (Å²) in [7, 11) is 1.54. The quantitative estimate of drug-likeness (QED) is 0.315. The van der Waals surface area contributed by atoms with Crippen LogP contribution in [0.5, 0.6) is 11.5 Å². The fraction of sp³-hybridized carbons (Fsp3) is 0.0455. The second-order valence-corrected chi connectivity index (χ2v) is 7.80. The highest BCUT2D eigenvalue weighted by Crippen LogP contribution is 2.36. The summed E-state index contributed by atoms with van der Waals surface area (Å²) in [4.78, 5) is 17.0. The van der Waals surface area contributed by atoms with Gasteiger partial charge in [0.15, 0.2) is 5.11 Å². The van der Waals surface area contributed by atoms with Gasteiger partial charge in [-0.25, -0.2) is 4.98 Å². The minimum Gasteiger partial charge on any atom is -0.507 e. The first-order valence-corrected chi connectivity index (χ1v) is 10.2. The van der Waals surface area contributed by atoms with E-state index in [4.69, 9.17) is 17.0 Å². The number of fused-ring (bicyclic) bond motifs is 1. The van der Waals surface area contributed by atoms with Crippen molar-refractivity contribution in [2.75, 3.05) is 12.4 Å². The monoisotopic (exact) mass is 435 g/mol. The molecule has 0 spiro atoms. The smallest absolute Gasteiger partial charge is 0.257 e. The van der Waals surface area contributed by atoms with Crippen LogP contribution in [-0.4, -0.2) is 28.2 Å². The van der Waals surface area contributed by atoms with Crippen LogP contribution in [0.4, 0.5) is 5.69 Å². The zero-order valence-electron chi connectivity index (χ0n) is 15.9. The fourth-order valence-electron chi connectivity index (χ4n) is 2.87. The van der Waals surface area contributed by atoms with E-state index in [1.165, 1.54) is 18.4 Å². The molecule has 6 nitrogen and oxygen atoms in total. The molecule has 0 saturated heterocycles. The summed E-state index contributed by atoms with van der Waals surface area (Å²) in [5, 5.41) is 16.8. The number of nitrogens with zero attached hydrogens (tertiary/aromatic N) is 1. The van der Waals surface area contributed by atoms with Crippen molar-refractivity contribution in [1.29, 1.82) is 0 Å². The molecule has 4 aromatic rings. The third-order valence-electron chi connectivity index (χ3n) is 4.34. The van der Waals surface area contributed by atoms with Gasteiger partial charge in [-0.3, -0.25) is 10.1 Å². The van der Waals surface area contributed by atoms with Crippen molar-refractivity contribution in [2.24, 2.45) is 0 Å². The number of nitrogens with one attached hydrogen (secondary N) is 2. The van der Waals surface area contributed by atoms with Crippen LogP contribution < -0.4 is 15.4 Å². The number of phenolic OH excluding ortho intramolecular Hbond substituents is 1. The summed E-state index contributed by atoms with van der Waals surface area (Å²) >= 11 is 6.76.